The molecule has 2 saturated heterocycles. The number of methoxy groups -OCH3 is 1. The Morgan fingerprint density at radius 1 is 1.12 bits per heavy atom. The maximum atomic E-state index is 6.28. The topological polar surface area (TPSA) is 54.0 Å². The molecule has 142 valence electrons. The van der Waals surface area contributed by atoms with Crippen LogP contribution in [0, 0.1) is 0 Å². The van der Waals surface area contributed by atoms with Crippen LogP contribution in [0.3, 0.4) is 0 Å². The molecule has 9 heteroatoms. The van der Waals surface area contributed by atoms with Gasteiger partial charge in [-0.15, -0.1) is 0 Å². The number of thiazole rings is 1. The molecular weight excluding hydrogens is 374 g/mol. The summed E-state index contributed by atoms with van der Waals surface area (Å²) in [5, 5.41) is 1.59. The molecule has 2 aromatic rings. The van der Waals surface area contributed by atoms with Crippen LogP contribution < -0.4 is 9.80 Å². The number of nitrogens with zero attached hydrogens (tertiary/aromatic N) is 5. The average molecular weight is 398 g/mol. The smallest absolute Gasteiger partial charge is 0.186 e. The van der Waals surface area contributed by atoms with Crippen molar-refractivity contribution in [2.75, 3.05) is 82.5 Å². The Morgan fingerprint density at radius 3 is 2.62 bits per heavy atom. The third kappa shape index (κ3) is 3.89. The molecule has 2 aromatic heterocycles. The Labute approximate surface area is 162 Å². The number of halogens is 1. The third-order valence-corrected chi connectivity index (χ3v) is 6.14. The van der Waals surface area contributed by atoms with E-state index in [1.165, 1.54) is 0 Å². The van der Waals surface area contributed by atoms with Crippen molar-refractivity contribution < 1.29 is 9.47 Å². The van der Waals surface area contributed by atoms with Crippen LogP contribution >= 0.6 is 22.9 Å². The van der Waals surface area contributed by atoms with E-state index < -0.39 is 0 Å². The molecule has 0 atom stereocenters. The van der Waals surface area contributed by atoms with Crippen LogP contribution in [0.2, 0.25) is 5.15 Å². The summed E-state index contributed by atoms with van der Waals surface area (Å²) in [5.41, 5.74) is 0.957. The Balaban J connectivity index is 1.54. The zero-order chi connectivity index (χ0) is 17.9. The van der Waals surface area contributed by atoms with Crippen molar-refractivity contribution in [2.24, 2.45) is 0 Å². The van der Waals surface area contributed by atoms with E-state index in [0.717, 1.165) is 86.8 Å². The second-order valence-electron chi connectivity index (χ2n) is 6.53. The maximum Gasteiger partial charge on any atom is 0.186 e. The maximum absolute atomic E-state index is 6.28. The number of ether oxygens (including phenoxy) is 2. The fourth-order valence-corrected chi connectivity index (χ4v) is 4.69. The van der Waals surface area contributed by atoms with Crippen molar-refractivity contribution in [3.63, 3.8) is 0 Å². The predicted octanol–water partition coefficient (Wildman–Crippen LogP) is 1.95. The van der Waals surface area contributed by atoms with Gasteiger partial charge in [0.1, 0.15) is 10.7 Å². The number of aromatic nitrogens is 2. The monoisotopic (exact) mass is 397 g/mol. The summed E-state index contributed by atoms with van der Waals surface area (Å²) in [6.45, 7) is 8.91. The standard InChI is InChI=1S/C17H24ClN5O2S/c1-24-9-6-21-2-4-23(5-3-21)17-20-15-13(26-17)12-14(18)19-16(15)22-7-10-25-11-8-22/h12H,2-11H2,1H3. The lowest BCUT2D eigenvalue weighted by atomic mass is 10.3. The largest absolute Gasteiger partial charge is 0.383 e. The van der Waals surface area contributed by atoms with Gasteiger partial charge in [0.05, 0.1) is 24.5 Å². The molecule has 2 aliphatic heterocycles. The van der Waals surface area contributed by atoms with Gasteiger partial charge in [0.15, 0.2) is 10.9 Å². The molecule has 0 radical (unpaired) electrons. The SMILES string of the molecule is COCCN1CCN(c2nc3c(N4CCOCC4)nc(Cl)cc3s2)CC1. The molecule has 0 N–H and O–H groups in total. The number of fused-ring (bicyclic) bond motifs is 1. The summed E-state index contributed by atoms with van der Waals surface area (Å²) in [4.78, 5) is 16.5. The number of pyridine rings is 1. The number of morpholine rings is 1. The van der Waals surface area contributed by atoms with E-state index >= 15 is 0 Å². The molecular formula is C17H24ClN5O2S. The van der Waals surface area contributed by atoms with Crippen molar-refractivity contribution >= 4 is 44.1 Å². The fourth-order valence-electron chi connectivity index (χ4n) is 3.39. The van der Waals surface area contributed by atoms with E-state index in [9.17, 15) is 0 Å². The van der Waals surface area contributed by atoms with Crippen LogP contribution in [0.1, 0.15) is 0 Å². The molecule has 4 rings (SSSR count). The van der Waals surface area contributed by atoms with Gasteiger partial charge in [0.25, 0.3) is 0 Å². The van der Waals surface area contributed by atoms with E-state index in [1.807, 2.05) is 6.07 Å². The van der Waals surface area contributed by atoms with Gasteiger partial charge in [0.2, 0.25) is 0 Å². The van der Waals surface area contributed by atoms with Gasteiger partial charge >= 0.3 is 0 Å². The minimum atomic E-state index is 0.526. The number of hydrogen-bond donors (Lipinski definition) is 0. The van der Waals surface area contributed by atoms with Crippen LogP contribution in [0.15, 0.2) is 6.07 Å². The number of anilines is 2. The lowest BCUT2D eigenvalue weighted by Gasteiger charge is -2.34. The molecule has 0 saturated carbocycles. The van der Waals surface area contributed by atoms with Gasteiger partial charge in [-0.25, -0.2) is 9.97 Å². The first-order valence-corrected chi connectivity index (χ1v) is 10.2. The molecule has 0 bridgehead atoms. The van der Waals surface area contributed by atoms with Crippen LogP contribution in [0.4, 0.5) is 10.9 Å². The van der Waals surface area contributed by atoms with Gasteiger partial charge in [0, 0.05) is 52.9 Å². The first kappa shape index (κ1) is 18.2. The summed E-state index contributed by atoms with van der Waals surface area (Å²) < 4.78 is 11.7. The Bertz CT molecular complexity index is 744. The molecule has 7 nitrogen and oxygen atoms in total. The molecule has 0 unspecified atom stereocenters. The van der Waals surface area contributed by atoms with Crippen molar-refractivity contribution in [2.45, 2.75) is 0 Å². The Morgan fingerprint density at radius 2 is 1.88 bits per heavy atom. The predicted molar refractivity (Wildman–Crippen MR) is 106 cm³/mol. The molecule has 0 aliphatic carbocycles. The van der Waals surface area contributed by atoms with E-state index in [1.54, 1.807) is 18.4 Å². The minimum Gasteiger partial charge on any atom is -0.383 e. The molecule has 4 heterocycles. The highest BCUT2D eigenvalue weighted by molar-refractivity contribution is 7.22. The van der Waals surface area contributed by atoms with Crippen molar-refractivity contribution in [3.05, 3.63) is 11.2 Å². The normalized spacial score (nSPS) is 19.5. The van der Waals surface area contributed by atoms with Gasteiger partial charge in [-0.2, -0.15) is 0 Å². The zero-order valence-corrected chi connectivity index (χ0v) is 16.6. The van der Waals surface area contributed by atoms with Crippen molar-refractivity contribution in [1.82, 2.24) is 14.9 Å². The highest BCUT2D eigenvalue weighted by atomic mass is 35.5. The first-order valence-electron chi connectivity index (χ1n) is 9.00. The number of rotatable bonds is 5. The van der Waals surface area contributed by atoms with E-state index in [4.69, 9.17) is 26.1 Å². The van der Waals surface area contributed by atoms with E-state index in [0.29, 0.717) is 5.15 Å². The summed E-state index contributed by atoms with van der Waals surface area (Å²) in [5.74, 6) is 0.886. The van der Waals surface area contributed by atoms with Gasteiger partial charge in [-0.3, -0.25) is 4.90 Å². The quantitative estimate of drug-likeness (QED) is 0.714. The third-order valence-electron chi connectivity index (χ3n) is 4.88. The summed E-state index contributed by atoms with van der Waals surface area (Å²) in [6.07, 6.45) is 0. The fraction of sp³-hybridized carbons (Fsp3) is 0.647. The van der Waals surface area contributed by atoms with Crippen LogP contribution in [0.5, 0.6) is 0 Å². The average Bonchev–Trinajstić information content (AvgIpc) is 3.10. The molecule has 0 amide bonds. The molecule has 0 spiro atoms. The van der Waals surface area contributed by atoms with Gasteiger partial charge in [-0.05, 0) is 6.07 Å². The lowest BCUT2D eigenvalue weighted by molar-refractivity contribution is 0.122. The second-order valence-corrected chi connectivity index (χ2v) is 7.93. The molecule has 26 heavy (non-hydrogen) atoms. The van der Waals surface area contributed by atoms with Crippen molar-refractivity contribution in [3.8, 4) is 0 Å². The highest BCUT2D eigenvalue weighted by Gasteiger charge is 2.23. The van der Waals surface area contributed by atoms with Crippen molar-refractivity contribution in [1.29, 1.82) is 0 Å². The van der Waals surface area contributed by atoms with Crippen LogP contribution in [-0.4, -0.2) is 87.6 Å². The molecule has 2 aliphatic rings. The lowest BCUT2D eigenvalue weighted by Crippen LogP contribution is -2.47. The second kappa shape index (κ2) is 8.22. The van der Waals surface area contributed by atoms with E-state index in [2.05, 4.69) is 19.7 Å². The van der Waals surface area contributed by atoms with E-state index in [-0.39, 0.29) is 0 Å². The first-order chi connectivity index (χ1) is 12.7. The highest BCUT2D eigenvalue weighted by Crippen LogP contribution is 2.35. The van der Waals surface area contributed by atoms with Crippen LogP contribution in [0.25, 0.3) is 10.2 Å². The summed E-state index contributed by atoms with van der Waals surface area (Å²) in [7, 11) is 1.75. The molecule has 2 fully saturated rings. The van der Waals surface area contributed by atoms with Gasteiger partial charge in [-0.1, -0.05) is 22.9 Å². The summed E-state index contributed by atoms with van der Waals surface area (Å²) in [6, 6.07) is 1.93. The number of piperazine rings is 1. The Kier molecular flexibility index (Phi) is 5.75. The summed E-state index contributed by atoms with van der Waals surface area (Å²) >= 11 is 7.99. The molecule has 0 aromatic carbocycles. The minimum absolute atomic E-state index is 0.526. The zero-order valence-electron chi connectivity index (χ0n) is 15.0. The number of hydrogen-bond acceptors (Lipinski definition) is 8. The Hall–Kier alpha value is -1.19. The van der Waals surface area contributed by atoms with Crippen LogP contribution in [-0.2, 0) is 9.47 Å². The van der Waals surface area contributed by atoms with Gasteiger partial charge < -0.3 is 19.3 Å².